The van der Waals surface area contributed by atoms with Gasteiger partial charge in [-0.2, -0.15) is 0 Å². The highest BCUT2D eigenvalue weighted by atomic mass is 19.1. The molecular formula is C15H23FN2O2. The molecule has 0 atom stereocenters. The molecule has 0 unspecified atom stereocenters. The van der Waals surface area contributed by atoms with Crippen LogP contribution in [0.25, 0.3) is 0 Å². The van der Waals surface area contributed by atoms with Gasteiger partial charge in [-0.1, -0.05) is 6.92 Å². The fraction of sp³-hybridized carbons (Fsp3) is 0.533. The lowest BCUT2D eigenvalue weighted by molar-refractivity contribution is -0.123. The molecule has 2 N–H and O–H groups in total. The maximum atomic E-state index is 13.3. The lowest BCUT2D eigenvalue weighted by Gasteiger charge is -2.13. The average molecular weight is 282 g/mol. The lowest BCUT2D eigenvalue weighted by atomic mass is 10.2. The van der Waals surface area contributed by atoms with Crippen molar-refractivity contribution in [1.29, 1.82) is 0 Å². The zero-order valence-electron chi connectivity index (χ0n) is 12.3. The van der Waals surface area contributed by atoms with Gasteiger partial charge in [0.2, 0.25) is 0 Å². The Labute approximate surface area is 119 Å². The molecule has 0 heterocycles. The van der Waals surface area contributed by atoms with Crippen LogP contribution in [0.15, 0.2) is 18.2 Å². The zero-order valence-corrected chi connectivity index (χ0v) is 12.3. The summed E-state index contributed by atoms with van der Waals surface area (Å²) in [4.78, 5) is 11.5. The Balaban J connectivity index is 2.61. The first kappa shape index (κ1) is 16.4. The Morgan fingerprint density at radius 1 is 1.40 bits per heavy atom. The summed E-state index contributed by atoms with van der Waals surface area (Å²) in [6.07, 6.45) is 1.00. The van der Waals surface area contributed by atoms with E-state index in [2.05, 4.69) is 17.6 Å². The van der Waals surface area contributed by atoms with Crippen molar-refractivity contribution in [3.63, 3.8) is 0 Å². The lowest BCUT2D eigenvalue weighted by Crippen LogP contribution is -2.34. The Bertz CT molecular complexity index is 436. The van der Waals surface area contributed by atoms with Crippen molar-refractivity contribution >= 4 is 5.91 Å². The molecule has 20 heavy (non-hydrogen) atoms. The second-order valence-corrected chi connectivity index (χ2v) is 4.94. The van der Waals surface area contributed by atoms with E-state index in [0.717, 1.165) is 18.5 Å². The molecule has 0 bridgehead atoms. The molecule has 112 valence electrons. The highest BCUT2D eigenvalue weighted by Gasteiger charge is 2.09. The molecule has 0 radical (unpaired) electrons. The molecule has 0 saturated carbocycles. The Morgan fingerprint density at radius 3 is 2.80 bits per heavy atom. The van der Waals surface area contributed by atoms with Gasteiger partial charge in [-0.3, -0.25) is 4.79 Å². The molecule has 1 amide bonds. The molecule has 0 spiro atoms. The highest BCUT2D eigenvalue weighted by Crippen LogP contribution is 2.19. The normalized spacial score (nSPS) is 10.7. The first-order valence-corrected chi connectivity index (χ1v) is 6.94. The van der Waals surface area contributed by atoms with Crippen molar-refractivity contribution in [2.45, 2.75) is 39.8 Å². The predicted octanol–water partition coefficient (Wildman–Crippen LogP) is 2.23. The number of nitrogens with one attached hydrogen (secondary N) is 2. The number of hydrogen-bond donors (Lipinski definition) is 2. The summed E-state index contributed by atoms with van der Waals surface area (Å²) in [5, 5.41) is 5.93. The van der Waals surface area contributed by atoms with E-state index in [4.69, 9.17) is 4.74 Å². The van der Waals surface area contributed by atoms with Crippen LogP contribution in [-0.4, -0.2) is 25.1 Å². The molecule has 4 nitrogen and oxygen atoms in total. The molecule has 0 aliphatic carbocycles. The fourth-order valence-corrected chi connectivity index (χ4v) is 1.73. The monoisotopic (exact) mass is 282 g/mol. The summed E-state index contributed by atoms with van der Waals surface area (Å²) in [5.74, 6) is 0.0444. The van der Waals surface area contributed by atoms with E-state index in [1.807, 2.05) is 13.8 Å². The van der Waals surface area contributed by atoms with E-state index in [1.165, 1.54) is 12.1 Å². The molecule has 5 heteroatoms. The largest absolute Gasteiger partial charge is 0.483 e. The topological polar surface area (TPSA) is 50.4 Å². The standard InChI is InChI=1S/C15H23FN2O2/c1-4-7-17-9-12-8-13(16)5-6-14(12)20-10-15(19)18-11(2)3/h5-6,8,11,17H,4,7,9-10H2,1-3H3,(H,18,19). The van der Waals surface area contributed by atoms with Gasteiger partial charge in [-0.25, -0.2) is 4.39 Å². The minimum Gasteiger partial charge on any atom is -0.483 e. The minimum atomic E-state index is -0.308. The van der Waals surface area contributed by atoms with Crippen LogP contribution < -0.4 is 15.4 Å². The Hall–Kier alpha value is -1.62. The Kier molecular flexibility index (Phi) is 7.01. The number of rotatable bonds is 8. The van der Waals surface area contributed by atoms with Crippen molar-refractivity contribution in [2.24, 2.45) is 0 Å². The van der Waals surface area contributed by atoms with Crippen molar-refractivity contribution in [1.82, 2.24) is 10.6 Å². The fourth-order valence-electron chi connectivity index (χ4n) is 1.73. The molecule has 1 aromatic carbocycles. The van der Waals surface area contributed by atoms with Crippen LogP contribution >= 0.6 is 0 Å². The zero-order chi connectivity index (χ0) is 15.0. The number of carbonyl (C=O) groups is 1. The third-order valence-electron chi connectivity index (χ3n) is 2.57. The smallest absolute Gasteiger partial charge is 0.258 e. The summed E-state index contributed by atoms with van der Waals surface area (Å²) in [5.41, 5.74) is 0.718. The maximum Gasteiger partial charge on any atom is 0.258 e. The number of amides is 1. The van der Waals surface area contributed by atoms with Gasteiger partial charge in [0.05, 0.1) is 0 Å². The highest BCUT2D eigenvalue weighted by molar-refractivity contribution is 5.77. The van der Waals surface area contributed by atoms with Gasteiger partial charge in [0.15, 0.2) is 6.61 Å². The number of carbonyl (C=O) groups excluding carboxylic acids is 1. The first-order valence-electron chi connectivity index (χ1n) is 6.94. The number of benzene rings is 1. The van der Waals surface area contributed by atoms with E-state index in [-0.39, 0.29) is 24.4 Å². The van der Waals surface area contributed by atoms with E-state index < -0.39 is 0 Å². The van der Waals surface area contributed by atoms with Crippen LogP contribution in [-0.2, 0) is 11.3 Å². The van der Waals surface area contributed by atoms with Crippen LogP contribution in [0.4, 0.5) is 4.39 Å². The molecule has 1 rings (SSSR count). The Morgan fingerprint density at radius 2 is 2.15 bits per heavy atom. The molecule has 0 saturated heterocycles. The van der Waals surface area contributed by atoms with E-state index in [0.29, 0.717) is 12.3 Å². The van der Waals surface area contributed by atoms with Crippen LogP contribution in [0.5, 0.6) is 5.75 Å². The minimum absolute atomic E-state index is 0.0649. The van der Waals surface area contributed by atoms with Gasteiger partial charge in [0.1, 0.15) is 11.6 Å². The molecular weight excluding hydrogens is 259 g/mol. The molecule has 0 aliphatic rings. The third-order valence-corrected chi connectivity index (χ3v) is 2.57. The first-order chi connectivity index (χ1) is 9.52. The third kappa shape index (κ3) is 6.02. The van der Waals surface area contributed by atoms with Crippen LogP contribution in [0, 0.1) is 5.82 Å². The van der Waals surface area contributed by atoms with Crippen LogP contribution in [0.3, 0.4) is 0 Å². The van der Waals surface area contributed by atoms with Gasteiger partial charge in [0, 0.05) is 18.2 Å². The summed E-state index contributed by atoms with van der Waals surface area (Å²) < 4.78 is 18.7. The second kappa shape index (κ2) is 8.53. The summed E-state index contributed by atoms with van der Waals surface area (Å²) in [6.45, 7) is 7.14. The quantitative estimate of drug-likeness (QED) is 0.719. The molecule has 0 aliphatic heterocycles. The van der Waals surface area contributed by atoms with Crippen molar-refractivity contribution < 1.29 is 13.9 Å². The van der Waals surface area contributed by atoms with Crippen molar-refractivity contribution in [3.05, 3.63) is 29.6 Å². The average Bonchev–Trinajstić information content (AvgIpc) is 2.37. The van der Waals surface area contributed by atoms with E-state index in [9.17, 15) is 9.18 Å². The predicted molar refractivity (Wildman–Crippen MR) is 77.2 cm³/mol. The van der Waals surface area contributed by atoms with Gasteiger partial charge in [-0.15, -0.1) is 0 Å². The SMILES string of the molecule is CCCNCc1cc(F)ccc1OCC(=O)NC(C)C. The van der Waals surface area contributed by atoms with Gasteiger partial charge >= 0.3 is 0 Å². The van der Waals surface area contributed by atoms with Crippen molar-refractivity contribution in [3.8, 4) is 5.75 Å². The van der Waals surface area contributed by atoms with Crippen LogP contribution in [0.2, 0.25) is 0 Å². The number of ether oxygens (including phenoxy) is 1. The number of hydrogen-bond acceptors (Lipinski definition) is 3. The summed E-state index contributed by atoms with van der Waals surface area (Å²) in [7, 11) is 0. The molecule has 0 aromatic heterocycles. The van der Waals surface area contributed by atoms with Gasteiger partial charge < -0.3 is 15.4 Å². The van der Waals surface area contributed by atoms with Crippen LogP contribution in [0.1, 0.15) is 32.8 Å². The molecule has 0 fully saturated rings. The van der Waals surface area contributed by atoms with Gasteiger partial charge in [-0.05, 0) is 45.0 Å². The van der Waals surface area contributed by atoms with Gasteiger partial charge in [0.25, 0.3) is 5.91 Å². The molecule has 1 aromatic rings. The van der Waals surface area contributed by atoms with Crippen molar-refractivity contribution in [2.75, 3.05) is 13.2 Å². The van der Waals surface area contributed by atoms with E-state index >= 15 is 0 Å². The summed E-state index contributed by atoms with van der Waals surface area (Å²) in [6, 6.07) is 4.39. The second-order valence-electron chi connectivity index (χ2n) is 4.94. The maximum absolute atomic E-state index is 13.3. The number of halogens is 1. The summed E-state index contributed by atoms with van der Waals surface area (Å²) >= 11 is 0. The van der Waals surface area contributed by atoms with E-state index in [1.54, 1.807) is 6.07 Å².